The third kappa shape index (κ3) is 1.21. The van der Waals surface area contributed by atoms with Crippen molar-refractivity contribution in [3.05, 3.63) is 48.2 Å². The Balaban J connectivity index is 2.52. The van der Waals surface area contributed by atoms with Crippen molar-refractivity contribution in [2.45, 2.75) is 0 Å². The molecule has 0 amide bonds. The highest BCUT2D eigenvalue weighted by atomic mass is 14.8. The number of aromatic nitrogens is 2. The van der Waals surface area contributed by atoms with E-state index in [1.54, 1.807) is 12.3 Å². The highest BCUT2D eigenvalue weighted by Crippen LogP contribution is 2.20. The molecule has 16 heavy (non-hydrogen) atoms. The van der Waals surface area contributed by atoms with E-state index < -0.39 is 0 Å². The largest absolute Gasteiger partial charge is 0.237 e. The lowest BCUT2D eigenvalue weighted by atomic mass is 10.1. The van der Waals surface area contributed by atoms with Crippen LogP contribution in [0.2, 0.25) is 0 Å². The first-order valence-corrected chi connectivity index (χ1v) is 4.93. The van der Waals surface area contributed by atoms with Crippen LogP contribution in [0.3, 0.4) is 0 Å². The van der Waals surface area contributed by atoms with Gasteiger partial charge in [-0.15, -0.1) is 0 Å². The number of pyridine rings is 2. The number of rotatable bonds is 0. The van der Waals surface area contributed by atoms with Crippen LogP contribution in [-0.4, -0.2) is 9.97 Å². The lowest BCUT2D eigenvalue weighted by molar-refractivity contribution is 1.31. The average molecular weight is 205 g/mol. The zero-order valence-electron chi connectivity index (χ0n) is 8.38. The fourth-order valence-corrected chi connectivity index (χ4v) is 1.77. The molecule has 74 valence electrons. The molecule has 0 aliphatic carbocycles. The van der Waals surface area contributed by atoms with Gasteiger partial charge in [-0.3, -0.25) is 0 Å². The Hall–Kier alpha value is -2.47. The summed E-state index contributed by atoms with van der Waals surface area (Å²) >= 11 is 0. The van der Waals surface area contributed by atoms with Gasteiger partial charge in [0.05, 0.1) is 17.1 Å². The van der Waals surface area contributed by atoms with Crippen molar-refractivity contribution >= 4 is 21.9 Å². The molecule has 0 aliphatic heterocycles. The molecule has 3 nitrogen and oxygen atoms in total. The lowest BCUT2D eigenvalue weighted by Gasteiger charge is -2.01. The smallest absolute Gasteiger partial charge is 0.161 e. The number of hydrogen-bond donors (Lipinski definition) is 0. The van der Waals surface area contributed by atoms with Crippen molar-refractivity contribution < 1.29 is 0 Å². The summed E-state index contributed by atoms with van der Waals surface area (Å²) in [5.41, 5.74) is 2.14. The average Bonchev–Trinajstić information content (AvgIpc) is 2.35. The fourth-order valence-electron chi connectivity index (χ4n) is 1.77. The van der Waals surface area contributed by atoms with Gasteiger partial charge < -0.3 is 0 Å². The van der Waals surface area contributed by atoms with Crippen molar-refractivity contribution in [1.29, 1.82) is 5.26 Å². The number of nitrogens with zero attached hydrogens (tertiary/aromatic N) is 3. The van der Waals surface area contributed by atoms with Gasteiger partial charge in [0.25, 0.3) is 0 Å². The first kappa shape index (κ1) is 8.81. The van der Waals surface area contributed by atoms with E-state index >= 15 is 0 Å². The van der Waals surface area contributed by atoms with E-state index in [4.69, 9.17) is 5.26 Å². The summed E-state index contributed by atoms with van der Waals surface area (Å²) in [5.74, 6) is 0. The highest BCUT2D eigenvalue weighted by molar-refractivity contribution is 5.93. The van der Waals surface area contributed by atoms with Crippen molar-refractivity contribution in [2.75, 3.05) is 0 Å². The van der Waals surface area contributed by atoms with Crippen LogP contribution >= 0.6 is 0 Å². The number of benzene rings is 1. The third-order valence-corrected chi connectivity index (χ3v) is 2.55. The molecule has 3 heteroatoms. The number of para-hydroxylation sites is 1. The second-order valence-electron chi connectivity index (χ2n) is 3.52. The summed E-state index contributed by atoms with van der Waals surface area (Å²) in [4.78, 5) is 8.60. The quantitative estimate of drug-likeness (QED) is 0.530. The normalized spacial score (nSPS) is 10.4. The summed E-state index contributed by atoms with van der Waals surface area (Å²) in [6.45, 7) is 0. The zero-order valence-corrected chi connectivity index (χ0v) is 8.38. The molecule has 3 rings (SSSR count). The van der Waals surface area contributed by atoms with E-state index in [2.05, 4.69) is 16.0 Å². The van der Waals surface area contributed by atoms with Gasteiger partial charge in [0.1, 0.15) is 0 Å². The van der Waals surface area contributed by atoms with Crippen LogP contribution in [0, 0.1) is 11.3 Å². The molecule has 2 heterocycles. The minimum Gasteiger partial charge on any atom is -0.237 e. The maximum absolute atomic E-state index is 9.00. The van der Waals surface area contributed by atoms with E-state index in [1.165, 1.54) is 0 Å². The SMILES string of the molecule is N#Cc1ccnc2nc3ccccc3cc12. The second kappa shape index (κ2) is 3.28. The first-order valence-electron chi connectivity index (χ1n) is 4.93. The van der Waals surface area contributed by atoms with E-state index in [9.17, 15) is 0 Å². The second-order valence-corrected chi connectivity index (χ2v) is 3.52. The van der Waals surface area contributed by atoms with Gasteiger partial charge >= 0.3 is 0 Å². The molecule has 0 fully saturated rings. The van der Waals surface area contributed by atoms with Crippen molar-refractivity contribution in [3.8, 4) is 6.07 Å². The van der Waals surface area contributed by atoms with E-state index in [-0.39, 0.29) is 0 Å². The van der Waals surface area contributed by atoms with Gasteiger partial charge in [0.2, 0.25) is 0 Å². The molecule has 0 radical (unpaired) electrons. The zero-order chi connectivity index (χ0) is 11.0. The molecule has 0 N–H and O–H groups in total. The molecule has 0 saturated heterocycles. The van der Waals surface area contributed by atoms with Crippen LogP contribution in [-0.2, 0) is 0 Å². The highest BCUT2D eigenvalue weighted by Gasteiger charge is 2.04. The predicted octanol–water partition coefficient (Wildman–Crippen LogP) is 2.65. The van der Waals surface area contributed by atoms with Gasteiger partial charge in [0.15, 0.2) is 5.65 Å². The maximum Gasteiger partial charge on any atom is 0.161 e. The molecule has 0 unspecified atom stereocenters. The Bertz CT molecular complexity index is 726. The number of fused-ring (bicyclic) bond motifs is 2. The summed E-state index contributed by atoms with van der Waals surface area (Å²) in [7, 11) is 0. The van der Waals surface area contributed by atoms with Gasteiger partial charge in [0, 0.05) is 17.0 Å². The minimum atomic E-state index is 0.614. The predicted molar refractivity (Wildman–Crippen MR) is 61.8 cm³/mol. The molecular weight excluding hydrogens is 198 g/mol. The van der Waals surface area contributed by atoms with Crippen LogP contribution in [0.1, 0.15) is 5.56 Å². The van der Waals surface area contributed by atoms with Gasteiger partial charge in [-0.05, 0) is 18.2 Å². The Morgan fingerprint density at radius 3 is 2.88 bits per heavy atom. The maximum atomic E-state index is 9.00. The summed E-state index contributed by atoms with van der Waals surface area (Å²) in [6, 6.07) is 13.6. The van der Waals surface area contributed by atoms with Crippen LogP contribution < -0.4 is 0 Å². The topological polar surface area (TPSA) is 49.6 Å². The molecule has 0 bridgehead atoms. The van der Waals surface area contributed by atoms with Gasteiger partial charge in [-0.2, -0.15) is 5.26 Å². The summed E-state index contributed by atoms with van der Waals surface area (Å²) in [5, 5.41) is 10.8. The van der Waals surface area contributed by atoms with Crippen molar-refractivity contribution in [3.63, 3.8) is 0 Å². The monoisotopic (exact) mass is 205 g/mol. The molecule has 3 aromatic rings. The third-order valence-electron chi connectivity index (χ3n) is 2.55. The lowest BCUT2D eigenvalue weighted by Crippen LogP contribution is -1.88. The first-order chi connectivity index (χ1) is 7.88. The molecular formula is C13H7N3. The minimum absolute atomic E-state index is 0.614. The summed E-state index contributed by atoms with van der Waals surface area (Å²) < 4.78 is 0. The number of hydrogen-bond acceptors (Lipinski definition) is 3. The molecule has 0 atom stereocenters. The molecule has 0 aliphatic rings. The van der Waals surface area contributed by atoms with Gasteiger partial charge in [-0.1, -0.05) is 18.2 Å². The number of nitriles is 1. The van der Waals surface area contributed by atoms with Crippen molar-refractivity contribution in [1.82, 2.24) is 9.97 Å². The molecule has 1 aromatic carbocycles. The van der Waals surface area contributed by atoms with E-state index in [0.29, 0.717) is 11.2 Å². The summed E-state index contributed by atoms with van der Waals surface area (Å²) in [6.07, 6.45) is 1.61. The van der Waals surface area contributed by atoms with Crippen molar-refractivity contribution in [2.24, 2.45) is 0 Å². The molecule has 0 saturated carbocycles. The molecule has 2 aromatic heterocycles. The van der Waals surface area contributed by atoms with Gasteiger partial charge in [-0.25, -0.2) is 9.97 Å². The standard InChI is InChI=1S/C13H7N3/c14-8-10-5-6-15-13-11(10)7-9-3-1-2-4-12(9)16-13/h1-7H. The Kier molecular flexibility index (Phi) is 1.81. The van der Waals surface area contributed by atoms with E-state index in [0.717, 1.165) is 16.3 Å². The van der Waals surface area contributed by atoms with Crippen LogP contribution in [0.5, 0.6) is 0 Å². The van der Waals surface area contributed by atoms with E-state index in [1.807, 2.05) is 30.3 Å². The fraction of sp³-hybridized carbons (Fsp3) is 0. The Morgan fingerprint density at radius 1 is 1.12 bits per heavy atom. The Morgan fingerprint density at radius 2 is 2.00 bits per heavy atom. The van der Waals surface area contributed by atoms with Crippen LogP contribution in [0.15, 0.2) is 42.6 Å². The van der Waals surface area contributed by atoms with Crippen LogP contribution in [0.25, 0.3) is 21.9 Å². The molecule has 0 spiro atoms. The van der Waals surface area contributed by atoms with Crippen LogP contribution in [0.4, 0.5) is 0 Å². The Labute approximate surface area is 92.0 Å².